The maximum Gasteiger partial charge on any atom is 0.246 e. The fraction of sp³-hybridized carbons (Fsp3) is 0.143. The van der Waals surface area contributed by atoms with E-state index in [2.05, 4.69) is 0 Å². The van der Waals surface area contributed by atoms with Gasteiger partial charge in [0.25, 0.3) is 0 Å². The van der Waals surface area contributed by atoms with Crippen LogP contribution in [0.3, 0.4) is 0 Å². The van der Waals surface area contributed by atoms with Crippen molar-refractivity contribution in [3.8, 4) is 0 Å². The van der Waals surface area contributed by atoms with Crippen molar-refractivity contribution < 1.29 is 13.2 Å². The summed E-state index contributed by atoms with van der Waals surface area (Å²) >= 11 is 0. The van der Waals surface area contributed by atoms with Gasteiger partial charge in [-0.15, -0.1) is 0 Å². The van der Waals surface area contributed by atoms with Gasteiger partial charge in [-0.1, -0.05) is 78.9 Å². The van der Waals surface area contributed by atoms with E-state index in [1.165, 1.54) is 4.31 Å². The van der Waals surface area contributed by atoms with Crippen molar-refractivity contribution in [3.63, 3.8) is 0 Å². The van der Waals surface area contributed by atoms with Gasteiger partial charge in [0.15, 0.2) is 6.23 Å². The lowest BCUT2D eigenvalue weighted by atomic mass is 10.1. The molecule has 0 bridgehead atoms. The first-order valence-corrected chi connectivity index (χ1v) is 9.92. The van der Waals surface area contributed by atoms with Gasteiger partial charge >= 0.3 is 0 Å². The van der Waals surface area contributed by atoms with Crippen LogP contribution in [0.5, 0.6) is 0 Å². The number of rotatable bonds is 4. The van der Waals surface area contributed by atoms with Gasteiger partial charge < -0.3 is 4.74 Å². The molecule has 4 nitrogen and oxygen atoms in total. The minimum Gasteiger partial charge on any atom is -0.356 e. The average Bonchev–Trinajstić information content (AvgIpc) is 3.16. The predicted molar refractivity (Wildman–Crippen MR) is 99.8 cm³/mol. The molecule has 4 rings (SSSR count). The summed E-state index contributed by atoms with van der Waals surface area (Å²) in [6, 6.07) is 27.3. The lowest BCUT2D eigenvalue weighted by Crippen LogP contribution is -2.33. The summed E-state index contributed by atoms with van der Waals surface area (Å²) in [5, 5.41) is 0. The Labute approximate surface area is 153 Å². The molecule has 1 heterocycles. The van der Waals surface area contributed by atoms with Gasteiger partial charge in [-0.25, -0.2) is 8.42 Å². The zero-order valence-electron chi connectivity index (χ0n) is 14.1. The van der Waals surface area contributed by atoms with Crippen LogP contribution in [0.2, 0.25) is 0 Å². The summed E-state index contributed by atoms with van der Waals surface area (Å²) in [4.78, 5) is 0.271. The second-order valence-electron chi connectivity index (χ2n) is 6.17. The fourth-order valence-corrected chi connectivity index (χ4v) is 4.98. The lowest BCUT2D eigenvalue weighted by Gasteiger charge is -2.28. The third kappa shape index (κ3) is 3.05. The van der Waals surface area contributed by atoms with Gasteiger partial charge in [-0.3, -0.25) is 0 Å². The van der Waals surface area contributed by atoms with Gasteiger partial charge in [0, 0.05) is 0 Å². The van der Waals surface area contributed by atoms with Crippen molar-refractivity contribution in [3.05, 3.63) is 102 Å². The van der Waals surface area contributed by atoms with Gasteiger partial charge in [-0.05, 0) is 23.3 Å². The fourth-order valence-electron chi connectivity index (χ4n) is 3.28. The summed E-state index contributed by atoms with van der Waals surface area (Å²) in [5.74, 6) is 0. The molecule has 3 aromatic carbocycles. The Balaban J connectivity index is 1.83. The molecule has 0 amide bonds. The minimum atomic E-state index is -3.73. The highest BCUT2D eigenvalue weighted by molar-refractivity contribution is 7.89. The summed E-state index contributed by atoms with van der Waals surface area (Å²) in [6.45, 7) is 0.315. The topological polar surface area (TPSA) is 46.6 Å². The van der Waals surface area contributed by atoms with Crippen LogP contribution in [0.15, 0.2) is 95.9 Å². The Morgan fingerprint density at radius 1 is 0.731 bits per heavy atom. The Hall–Kier alpha value is -2.47. The van der Waals surface area contributed by atoms with Gasteiger partial charge in [0.05, 0.1) is 17.5 Å². The van der Waals surface area contributed by atoms with E-state index in [0.717, 1.165) is 11.1 Å². The molecule has 0 saturated carbocycles. The largest absolute Gasteiger partial charge is 0.356 e. The zero-order chi connectivity index (χ0) is 18.0. The maximum atomic E-state index is 13.4. The van der Waals surface area contributed by atoms with E-state index < -0.39 is 16.3 Å². The van der Waals surface area contributed by atoms with E-state index in [1.54, 1.807) is 24.3 Å². The molecule has 0 aliphatic carbocycles. The summed E-state index contributed by atoms with van der Waals surface area (Å²) in [7, 11) is -3.73. The van der Waals surface area contributed by atoms with Crippen molar-refractivity contribution in [2.45, 2.75) is 17.2 Å². The second-order valence-corrected chi connectivity index (χ2v) is 8.01. The Morgan fingerprint density at radius 2 is 1.23 bits per heavy atom. The highest BCUT2D eigenvalue weighted by Gasteiger charge is 2.44. The van der Waals surface area contributed by atoms with Crippen molar-refractivity contribution in [1.29, 1.82) is 0 Å². The van der Waals surface area contributed by atoms with Crippen molar-refractivity contribution in [2.24, 2.45) is 0 Å². The van der Waals surface area contributed by atoms with Crippen LogP contribution in [-0.2, 0) is 14.8 Å². The number of hydrogen-bond acceptors (Lipinski definition) is 3. The van der Waals surface area contributed by atoms with E-state index >= 15 is 0 Å². The molecule has 26 heavy (non-hydrogen) atoms. The molecule has 0 N–H and O–H groups in total. The Morgan fingerprint density at radius 3 is 1.81 bits per heavy atom. The monoisotopic (exact) mass is 365 g/mol. The Kier molecular flexibility index (Phi) is 4.59. The molecular weight excluding hydrogens is 346 g/mol. The normalized spacial score (nSPS) is 20.9. The number of nitrogens with zero attached hydrogens (tertiary/aromatic N) is 1. The second kappa shape index (κ2) is 7.03. The highest BCUT2D eigenvalue weighted by atomic mass is 32.2. The molecule has 0 radical (unpaired) electrons. The van der Waals surface area contributed by atoms with Crippen molar-refractivity contribution >= 4 is 10.0 Å². The summed E-state index contributed by atoms with van der Waals surface area (Å²) < 4.78 is 34.4. The van der Waals surface area contributed by atoms with Crippen LogP contribution in [0.1, 0.15) is 23.4 Å². The molecular formula is C21H19NO3S. The zero-order valence-corrected chi connectivity index (χ0v) is 14.9. The SMILES string of the molecule is O=S(=O)(c1ccccc1)N1C(c2ccccc2)OC[C@@H]1c1ccccc1. The first kappa shape index (κ1) is 17.0. The summed E-state index contributed by atoms with van der Waals surface area (Å²) in [6.07, 6.45) is -0.647. The van der Waals surface area contributed by atoms with Gasteiger partial charge in [0.1, 0.15) is 0 Å². The van der Waals surface area contributed by atoms with E-state index in [0.29, 0.717) is 6.61 Å². The number of hydrogen-bond donors (Lipinski definition) is 0. The molecule has 3 aromatic rings. The molecule has 0 aromatic heterocycles. The quantitative estimate of drug-likeness (QED) is 0.698. The average molecular weight is 365 g/mol. The molecule has 2 atom stereocenters. The van der Waals surface area contributed by atoms with Crippen LogP contribution in [0, 0.1) is 0 Å². The molecule has 1 aliphatic heterocycles. The van der Waals surface area contributed by atoms with Gasteiger partial charge in [0.2, 0.25) is 10.0 Å². The Bertz CT molecular complexity index is 912. The van der Waals surface area contributed by atoms with Crippen molar-refractivity contribution in [2.75, 3.05) is 6.61 Å². The maximum absolute atomic E-state index is 13.4. The predicted octanol–water partition coefficient (Wildman–Crippen LogP) is 4.15. The van der Waals surface area contributed by atoms with Crippen LogP contribution in [0.25, 0.3) is 0 Å². The van der Waals surface area contributed by atoms with E-state index in [-0.39, 0.29) is 10.9 Å². The van der Waals surface area contributed by atoms with E-state index in [4.69, 9.17) is 4.74 Å². The molecule has 1 saturated heterocycles. The van der Waals surface area contributed by atoms with Crippen LogP contribution in [-0.4, -0.2) is 19.3 Å². The molecule has 1 aliphatic rings. The molecule has 5 heteroatoms. The van der Waals surface area contributed by atoms with E-state index in [9.17, 15) is 8.42 Å². The minimum absolute atomic E-state index is 0.271. The number of ether oxygens (including phenoxy) is 1. The first-order valence-electron chi connectivity index (χ1n) is 8.48. The van der Waals surface area contributed by atoms with Crippen LogP contribution < -0.4 is 0 Å². The smallest absolute Gasteiger partial charge is 0.246 e. The molecule has 1 unspecified atom stereocenters. The molecule has 1 fully saturated rings. The van der Waals surface area contributed by atoms with Crippen LogP contribution >= 0.6 is 0 Å². The third-order valence-corrected chi connectivity index (χ3v) is 6.41. The standard InChI is InChI=1S/C21H19NO3S/c23-26(24,19-14-8-3-9-15-19)22-20(17-10-4-1-5-11-17)16-25-21(22)18-12-6-2-7-13-18/h1-15,20-21H,16H2/t20-,21?/m1/s1. The molecule has 132 valence electrons. The first-order chi connectivity index (χ1) is 12.7. The molecule has 0 spiro atoms. The number of benzene rings is 3. The van der Waals surface area contributed by atoms with E-state index in [1.807, 2.05) is 66.7 Å². The lowest BCUT2D eigenvalue weighted by molar-refractivity contribution is 0.0681. The van der Waals surface area contributed by atoms with Crippen molar-refractivity contribution in [1.82, 2.24) is 4.31 Å². The third-order valence-electron chi connectivity index (χ3n) is 4.54. The highest BCUT2D eigenvalue weighted by Crippen LogP contribution is 2.42. The van der Waals surface area contributed by atoms with Crippen LogP contribution in [0.4, 0.5) is 0 Å². The summed E-state index contributed by atoms with van der Waals surface area (Å²) in [5.41, 5.74) is 1.75. The number of sulfonamides is 1. The van der Waals surface area contributed by atoms with Gasteiger partial charge in [-0.2, -0.15) is 4.31 Å².